The number of rotatable bonds is 5. The van der Waals surface area contributed by atoms with E-state index in [9.17, 15) is 13.6 Å². The molecular weight excluding hydrogens is 300 g/mol. The molecule has 0 unspecified atom stereocenters. The second-order valence-corrected chi connectivity index (χ2v) is 6.02. The molecule has 2 aromatic rings. The molecule has 1 saturated carbocycles. The van der Waals surface area contributed by atoms with Gasteiger partial charge in [0.05, 0.1) is 5.69 Å². The maximum atomic E-state index is 13.1. The van der Waals surface area contributed by atoms with Gasteiger partial charge in [-0.2, -0.15) is 5.10 Å². The first-order valence-corrected chi connectivity index (χ1v) is 7.67. The molecule has 1 aliphatic rings. The molecule has 0 spiro atoms. The van der Waals surface area contributed by atoms with Crippen LogP contribution in [-0.2, 0) is 11.3 Å². The smallest absolute Gasteiger partial charge is 0.280 e. The van der Waals surface area contributed by atoms with Gasteiger partial charge in [0.15, 0.2) is 0 Å². The number of aromatic nitrogens is 2. The minimum Gasteiger partial charge on any atom is -0.324 e. The number of hydrogen-bond acceptors (Lipinski definition) is 2. The highest BCUT2D eigenvalue weighted by Crippen LogP contribution is 2.40. The summed E-state index contributed by atoms with van der Waals surface area (Å²) in [5.74, 6) is -0.0816. The molecular formula is C17H19F2N3O. The first-order chi connectivity index (χ1) is 11.0. The number of carbonyl (C=O) groups is 1. The van der Waals surface area contributed by atoms with Gasteiger partial charge in [0.1, 0.15) is 12.2 Å². The molecule has 1 fully saturated rings. The van der Waals surface area contributed by atoms with Gasteiger partial charge in [-0.15, -0.1) is 0 Å². The molecule has 0 radical (unpaired) electrons. The molecule has 6 heteroatoms. The number of carbonyl (C=O) groups excluding carboxylic acids is 1. The molecule has 0 atom stereocenters. The van der Waals surface area contributed by atoms with Gasteiger partial charge in [-0.1, -0.05) is 12.1 Å². The van der Waals surface area contributed by atoms with Crippen molar-refractivity contribution in [3.05, 3.63) is 46.8 Å². The largest absolute Gasteiger partial charge is 0.324 e. The highest BCUT2D eigenvalue weighted by atomic mass is 19.3. The van der Waals surface area contributed by atoms with Crippen LogP contribution in [0.3, 0.4) is 0 Å². The number of halogens is 2. The van der Waals surface area contributed by atoms with Crippen LogP contribution < -0.4 is 5.32 Å². The molecule has 0 saturated heterocycles. The van der Waals surface area contributed by atoms with Crippen molar-refractivity contribution in [1.82, 2.24) is 9.78 Å². The van der Waals surface area contributed by atoms with Crippen molar-refractivity contribution in [2.45, 2.75) is 45.6 Å². The Morgan fingerprint density at radius 2 is 2.13 bits per heavy atom. The number of anilines is 1. The normalized spacial score (nSPS) is 14.3. The second kappa shape index (κ2) is 6.10. The summed E-state index contributed by atoms with van der Waals surface area (Å²) in [6.45, 7) is 3.66. The van der Waals surface area contributed by atoms with Crippen LogP contribution in [0.5, 0.6) is 0 Å². The molecule has 122 valence electrons. The van der Waals surface area contributed by atoms with E-state index in [2.05, 4.69) is 10.4 Å². The number of nitrogens with one attached hydrogen (secondary N) is 1. The third-order valence-corrected chi connectivity index (χ3v) is 4.22. The molecule has 1 aromatic heterocycles. The van der Waals surface area contributed by atoms with Crippen LogP contribution in [0.2, 0.25) is 0 Å². The first-order valence-electron chi connectivity index (χ1n) is 7.67. The Labute approximate surface area is 133 Å². The third kappa shape index (κ3) is 3.41. The molecule has 0 aliphatic heterocycles. The Bertz CT molecular complexity index is 735. The fourth-order valence-electron chi connectivity index (χ4n) is 2.55. The van der Waals surface area contributed by atoms with Crippen LogP contribution in [-0.4, -0.2) is 15.7 Å². The van der Waals surface area contributed by atoms with Crippen LogP contribution in [0.25, 0.3) is 0 Å². The van der Waals surface area contributed by atoms with E-state index in [-0.39, 0.29) is 24.1 Å². The van der Waals surface area contributed by atoms with E-state index in [0.29, 0.717) is 11.4 Å². The van der Waals surface area contributed by atoms with Crippen molar-refractivity contribution in [2.24, 2.45) is 0 Å². The van der Waals surface area contributed by atoms with Crippen LogP contribution in [0, 0.1) is 13.8 Å². The zero-order chi connectivity index (χ0) is 16.6. The highest BCUT2D eigenvalue weighted by Gasteiger charge is 2.29. The zero-order valence-corrected chi connectivity index (χ0v) is 13.1. The average molecular weight is 319 g/mol. The van der Waals surface area contributed by atoms with Gasteiger partial charge in [0.2, 0.25) is 5.91 Å². The van der Waals surface area contributed by atoms with Crippen molar-refractivity contribution < 1.29 is 13.6 Å². The summed E-state index contributed by atoms with van der Waals surface area (Å²) in [6.07, 6.45) is -0.675. The highest BCUT2D eigenvalue weighted by molar-refractivity contribution is 5.91. The average Bonchev–Trinajstić information content (AvgIpc) is 3.25. The number of nitrogens with zero attached hydrogens (tertiary/aromatic N) is 2. The second-order valence-electron chi connectivity index (χ2n) is 6.02. The lowest BCUT2D eigenvalue weighted by molar-refractivity contribution is -0.117. The first kappa shape index (κ1) is 15.6. The maximum absolute atomic E-state index is 13.1. The SMILES string of the molecule is Cc1cccc(NC(=O)Cn2nc(C3CC3)cc2C(F)F)c1C. The van der Waals surface area contributed by atoms with Gasteiger partial charge in [-0.25, -0.2) is 8.78 Å². The van der Waals surface area contributed by atoms with Crippen molar-refractivity contribution in [1.29, 1.82) is 0 Å². The number of benzene rings is 1. The quantitative estimate of drug-likeness (QED) is 0.907. The maximum Gasteiger partial charge on any atom is 0.280 e. The molecule has 1 amide bonds. The Balaban J connectivity index is 1.76. The third-order valence-electron chi connectivity index (χ3n) is 4.22. The monoisotopic (exact) mass is 319 g/mol. The van der Waals surface area contributed by atoms with E-state index in [4.69, 9.17) is 0 Å². The topological polar surface area (TPSA) is 46.9 Å². The van der Waals surface area contributed by atoms with E-state index in [0.717, 1.165) is 28.7 Å². The van der Waals surface area contributed by atoms with Crippen molar-refractivity contribution in [2.75, 3.05) is 5.32 Å². The van der Waals surface area contributed by atoms with Gasteiger partial charge in [0.25, 0.3) is 6.43 Å². The summed E-state index contributed by atoms with van der Waals surface area (Å²) in [6, 6.07) is 7.03. The van der Waals surface area contributed by atoms with E-state index < -0.39 is 6.43 Å². The van der Waals surface area contributed by atoms with Crippen molar-refractivity contribution in [3.8, 4) is 0 Å². The summed E-state index contributed by atoms with van der Waals surface area (Å²) in [7, 11) is 0. The Morgan fingerprint density at radius 3 is 2.78 bits per heavy atom. The van der Waals surface area contributed by atoms with Gasteiger partial charge in [-0.3, -0.25) is 9.48 Å². The predicted molar refractivity (Wildman–Crippen MR) is 83.7 cm³/mol. The fourth-order valence-corrected chi connectivity index (χ4v) is 2.55. The summed E-state index contributed by atoms with van der Waals surface area (Å²) in [5.41, 5.74) is 3.20. The van der Waals surface area contributed by atoms with Gasteiger partial charge in [0, 0.05) is 11.6 Å². The summed E-state index contributed by atoms with van der Waals surface area (Å²) in [4.78, 5) is 12.2. The lowest BCUT2D eigenvalue weighted by Crippen LogP contribution is -2.21. The van der Waals surface area contributed by atoms with E-state index >= 15 is 0 Å². The molecule has 4 nitrogen and oxygen atoms in total. The molecule has 1 aromatic carbocycles. The molecule has 1 aliphatic carbocycles. The lowest BCUT2D eigenvalue weighted by atomic mass is 10.1. The molecule has 1 N–H and O–H groups in total. The van der Waals surface area contributed by atoms with Crippen LogP contribution in [0.1, 0.15) is 47.7 Å². The number of hydrogen-bond donors (Lipinski definition) is 1. The number of alkyl halides is 2. The van der Waals surface area contributed by atoms with Crippen LogP contribution in [0.15, 0.2) is 24.3 Å². The predicted octanol–water partition coefficient (Wildman–Crippen LogP) is 3.95. The van der Waals surface area contributed by atoms with Crippen molar-refractivity contribution in [3.63, 3.8) is 0 Å². The van der Waals surface area contributed by atoms with Gasteiger partial charge < -0.3 is 5.32 Å². The minimum atomic E-state index is -2.64. The summed E-state index contributed by atoms with van der Waals surface area (Å²) < 4.78 is 27.4. The molecule has 23 heavy (non-hydrogen) atoms. The zero-order valence-electron chi connectivity index (χ0n) is 13.1. The van der Waals surface area contributed by atoms with Gasteiger partial charge >= 0.3 is 0 Å². The Hall–Kier alpha value is -2.24. The van der Waals surface area contributed by atoms with E-state index in [1.165, 1.54) is 6.07 Å². The Morgan fingerprint density at radius 1 is 1.39 bits per heavy atom. The van der Waals surface area contributed by atoms with Crippen LogP contribution in [0.4, 0.5) is 14.5 Å². The number of aryl methyl sites for hydroxylation is 1. The summed E-state index contributed by atoms with van der Waals surface area (Å²) in [5, 5.41) is 6.97. The van der Waals surface area contributed by atoms with Gasteiger partial charge in [-0.05, 0) is 49.9 Å². The lowest BCUT2D eigenvalue weighted by Gasteiger charge is -2.11. The van der Waals surface area contributed by atoms with Crippen molar-refractivity contribution >= 4 is 11.6 Å². The molecule has 3 rings (SSSR count). The molecule has 1 heterocycles. The minimum absolute atomic E-state index is 0.192. The van der Waals surface area contributed by atoms with E-state index in [1.807, 2.05) is 26.0 Å². The summed E-state index contributed by atoms with van der Waals surface area (Å²) >= 11 is 0. The standard InChI is InChI=1S/C17H19F2N3O/c1-10-4-3-5-13(11(10)2)20-16(23)9-22-15(17(18)19)8-14(21-22)12-6-7-12/h3-5,8,12,17H,6-7,9H2,1-2H3,(H,20,23). The van der Waals surface area contributed by atoms with E-state index in [1.54, 1.807) is 6.07 Å². The fraction of sp³-hybridized carbons (Fsp3) is 0.412. The molecule has 0 bridgehead atoms. The Kier molecular flexibility index (Phi) is 4.15. The van der Waals surface area contributed by atoms with Crippen LogP contribution >= 0.6 is 0 Å². The number of amides is 1.